The van der Waals surface area contributed by atoms with Gasteiger partial charge in [-0.15, -0.1) is 0 Å². The first kappa shape index (κ1) is 15.7. The predicted molar refractivity (Wildman–Crippen MR) is 87.2 cm³/mol. The third-order valence-corrected chi connectivity index (χ3v) is 4.17. The van der Waals surface area contributed by atoms with Gasteiger partial charge >= 0.3 is 0 Å². The summed E-state index contributed by atoms with van der Waals surface area (Å²) < 4.78 is 6.18. The van der Waals surface area contributed by atoms with Crippen LogP contribution in [0.3, 0.4) is 0 Å². The molecule has 1 N–H and O–H groups in total. The number of amides is 1. The van der Waals surface area contributed by atoms with Gasteiger partial charge in [-0.25, -0.2) is 0 Å². The molecule has 0 saturated heterocycles. The lowest BCUT2D eigenvalue weighted by Crippen LogP contribution is -2.23. The van der Waals surface area contributed by atoms with Crippen molar-refractivity contribution in [2.24, 2.45) is 0 Å². The first-order chi connectivity index (χ1) is 10.1. The molecule has 2 aromatic carbocycles. The van der Waals surface area contributed by atoms with Crippen LogP contribution in [0.5, 0.6) is 0 Å². The monoisotopic (exact) mass is 347 g/mol. The summed E-state index contributed by atoms with van der Waals surface area (Å²) in [7, 11) is 1.67. The molecule has 110 valence electrons. The van der Waals surface area contributed by atoms with E-state index in [4.69, 9.17) is 4.74 Å². The van der Waals surface area contributed by atoms with E-state index >= 15 is 0 Å². The predicted octanol–water partition coefficient (Wildman–Crippen LogP) is 3.83. The van der Waals surface area contributed by atoms with E-state index in [0.29, 0.717) is 18.7 Å². The van der Waals surface area contributed by atoms with Gasteiger partial charge in [-0.05, 0) is 41.8 Å². The van der Waals surface area contributed by atoms with Crippen molar-refractivity contribution in [3.05, 3.63) is 69.2 Å². The summed E-state index contributed by atoms with van der Waals surface area (Å²) in [6.45, 7) is 3.01. The maximum absolute atomic E-state index is 12.2. The van der Waals surface area contributed by atoms with E-state index in [-0.39, 0.29) is 5.91 Å². The molecule has 1 amide bonds. The largest absolute Gasteiger partial charge is 0.380 e. The van der Waals surface area contributed by atoms with E-state index in [2.05, 4.69) is 21.2 Å². The van der Waals surface area contributed by atoms with E-state index in [0.717, 1.165) is 21.2 Å². The van der Waals surface area contributed by atoms with E-state index in [1.807, 2.05) is 49.4 Å². The zero-order valence-electron chi connectivity index (χ0n) is 12.2. The lowest BCUT2D eigenvalue weighted by atomic mass is 10.1. The average Bonchev–Trinajstić information content (AvgIpc) is 2.49. The van der Waals surface area contributed by atoms with Crippen molar-refractivity contribution in [2.45, 2.75) is 20.1 Å². The van der Waals surface area contributed by atoms with Crippen LogP contribution in [0.15, 0.2) is 46.9 Å². The smallest absolute Gasteiger partial charge is 0.251 e. The van der Waals surface area contributed by atoms with E-state index in [1.54, 1.807) is 7.11 Å². The van der Waals surface area contributed by atoms with Gasteiger partial charge in [0.2, 0.25) is 0 Å². The van der Waals surface area contributed by atoms with Gasteiger partial charge in [-0.2, -0.15) is 0 Å². The highest BCUT2D eigenvalue weighted by Crippen LogP contribution is 2.17. The number of nitrogens with one attached hydrogen (secondary N) is 1. The summed E-state index contributed by atoms with van der Waals surface area (Å²) in [6, 6.07) is 13.5. The first-order valence-electron chi connectivity index (χ1n) is 6.72. The zero-order valence-corrected chi connectivity index (χ0v) is 13.7. The molecule has 4 heteroatoms. The molecule has 0 fully saturated rings. The second-order valence-corrected chi connectivity index (χ2v) is 5.70. The van der Waals surface area contributed by atoms with Crippen LogP contribution < -0.4 is 5.32 Å². The maximum atomic E-state index is 12.2. The Morgan fingerprint density at radius 3 is 2.57 bits per heavy atom. The minimum Gasteiger partial charge on any atom is -0.380 e. The van der Waals surface area contributed by atoms with Crippen LogP contribution in [0.25, 0.3) is 0 Å². The summed E-state index contributed by atoms with van der Waals surface area (Å²) >= 11 is 3.44. The van der Waals surface area contributed by atoms with Gasteiger partial charge in [0.1, 0.15) is 0 Å². The highest BCUT2D eigenvalue weighted by molar-refractivity contribution is 9.10. The van der Waals surface area contributed by atoms with Crippen molar-refractivity contribution >= 4 is 21.8 Å². The summed E-state index contributed by atoms with van der Waals surface area (Å²) in [6.07, 6.45) is 0. The molecule has 0 unspecified atom stereocenters. The Balaban J connectivity index is 2.05. The summed E-state index contributed by atoms with van der Waals surface area (Å²) in [5.41, 5.74) is 3.87. The highest BCUT2D eigenvalue weighted by atomic mass is 79.9. The van der Waals surface area contributed by atoms with E-state index in [9.17, 15) is 4.79 Å². The molecular weight excluding hydrogens is 330 g/mol. The molecule has 21 heavy (non-hydrogen) atoms. The van der Waals surface area contributed by atoms with Crippen molar-refractivity contribution in [3.63, 3.8) is 0 Å². The van der Waals surface area contributed by atoms with Gasteiger partial charge in [0.05, 0.1) is 6.61 Å². The molecule has 0 spiro atoms. The molecule has 0 aromatic heterocycles. The van der Waals surface area contributed by atoms with Crippen molar-refractivity contribution < 1.29 is 9.53 Å². The highest BCUT2D eigenvalue weighted by Gasteiger charge is 2.08. The number of carbonyl (C=O) groups excluding carboxylic acids is 1. The number of ether oxygens (including phenoxy) is 1. The molecule has 0 radical (unpaired) electrons. The fourth-order valence-electron chi connectivity index (χ4n) is 2.09. The number of carbonyl (C=O) groups is 1. The quantitative estimate of drug-likeness (QED) is 0.892. The normalized spacial score (nSPS) is 10.4. The van der Waals surface area contributed by atoms with E-state index < -0.39 is 0 Å². The van der Waals surface area contributed by atoms with Crippen LogP contribution in [0.4, 0.5) is 0 Å². The molecular formula is C17H18BrNO2. The molecule has 3 nitrogen and oxygen atoms in total. The number of halogens is 1. The number of benzene rings is 2. The van der Waals surface area contributed by atoms with Crippen LogP contribution in [0.1, 0.15) is 27.0 Å². The molecule has 0 aliphatic heterocycles. The third kappa shape index (κ3) is 4.16. The van der Waals surface area contributed by atoms with Crippen LogP contribution in [0.2, 0.25) is 0 Å². The second kappa shape index (κ2) is 7.38. The van der Waals surface area contributed by atoms with Gasteiger partial charge in [0, 0.05) is 23.7 Å². The third-order valence-electron chi connectivity index (χ3n) is 3.28. The Morgan fingerprint density at radius 2 is 1.90 bits per heavy atom. The second-order valence-electron chi connectivity index (χ2n) is 4.85. The van der Waals surface area contributed by atoms with Crippen LogP contribution in [-0.2, 0) is 17.9 Å². The van der Waals surface area contributed by atoms with Crippen LogP contribution in [-0.4, -0.2) is 13.0 Å². The summed E-state index contributed by atoms with van der Waals surface area (Å²) in [4.78, 5) is 12.2. The number of methoxy groups -OCH3 is 1. The molecule has 0 aliphatic carbocycles. The SMILES string of the molecule is COCc1ccccc1CNC(=O)c1ccc(Br)c(C)c1. The minimum absolute atomic E-state index is 0.0715. The van der Waals surface area contributed by atoms with Gasteiger partial charge < -0.3 is 10.1 Å². The van der Waals surface area contributed by atoms with Crippen molar-refractivity contribution in [1.82, 2.24) is 5.32 Å². The minimum atomic E-state index is -0.0715. The molecule has 0 saturated carbocycles. The Morgan fingerprint density at radius 1 is 1.19 bits per heavy atom. The number of aryl methyl sites for hydroxylation is 1. The van der Waals surface area contributed by atoms with Gasteiger partial charge in [-0.3, -0.25) is 4.79 Å². The topological polar surface area (TPSA) is 38.3 Å². The van der Waals surface area contributed by atoms with Crippen LogP contribution in [0, 0.1) is 6.92 Å². The average molecular weight is 348 g/mol. The lowest BCUT2D eigenvalue weighted by molar-refractivity contribution is 0.0950. The van der Waals surface area contributed by atoms with Crippen molar-refractivity contribution in [1.29, 1.82) is 0 Å². The molecule has 2 aromatic rings. The Labute approximate surface area is 133 Å². The number of rotatable bonds is 5. The van der Waals surface area contributed by atoms with Crippen LogP contribution >= 0.6 is 15.9 Å². The Hall–Kier alpha value is -1.65. The van der Waals surface area contributed by atoms with Crippen molar-refractivity contribution in [3.8, 4) is 0 Å². The summed E-state index contributed by atoms with van der Waals surface area (Å²) in [5, 5.41) is 2.95. The molecule has 0 bridgehead atoms. The fraction of sp³-hybridized carbons (Fsp3) is 0.235. The Kier molecular flexibility index (Phi) is 5.53. The van der Waals surface area contributed by atoms with Crippen molar-refractivity contribution in [2.75, 3.05) is 7.11 Å². The lowest BCUT2D eigenvalue weighted by Gasteiger charge is -2.10. The molecule has 2 rings (SSSR count). The first-order valence-corrected chi connectivity index (χ1v) is 7.51. The standard InChI is InChI=1S/C17H18BrNO2/c1-12-9-13(7-8-16(12)18)17(20)19-10-14-5-3-4-6-15(14)11-21-2/h3-9H,10-11H2,1-2H3,(H,19,20). The maximum Gasteiger partial charge on any atom is 0.251 e. The molecule has 0 heterocycles. The summed E-state index contributed by atoms with van der Waals surface area (Å²) in [5.74, 6) is -0.0715. The number of hydrogen-bond donors (Lipinski definition) is 1. The Bertz CT molecular complexity index is 640. The van der Waals surface area contributed by atoms with Gasteiger partial charge in [-0.1, -0.05) is 40.2 Å². The van der Waals surface area contributed by atoms with Gasteiger partial charge in [0.25, 0.3) is 5.91 Å². The molecule has 0 aliphatic rings. The van der Waals surface area contributed by atoms with Gasteiger partial charge in [0.15, 0.2) is 0 Å². The van der Waals surface area contributed by atoms with E-state index in [1.165, 1.54) is 0 Å². The molecule has 0 atom stereocenters. The number of hydrogen-bond acceptors (Lipinski definition) is 2. The zero-order chi connectivity index (χ0) is 15.2. The fourth-order valence-corrected chi connectivity index (χ4v) is 2.34.